The molecule has 0 spiro atoms. The maximum Gasteiger partial charge on any atom is 0.321 e. The lowest BCUT2D eigenvalue weighted by molar-refractivity contribution is 0.0999. The van der Waals surface area contributed by atoms with E-state index in [-0.39, 0.29) is 6.03 Å². The third-order valence-corrected chi connectivity index (χ3v) is 4.05. The third kappa shape index (κ3) is 3.76. The Hall–Kier alpha value is -2.08. The van der Waals surface area contributed by atoms with Crippen molar-refractivity contribution in [3.63, 3.8) is 0 Å². The maximum atomic E-state index is 12.4. The summed E-state index contributed by atoms with van der Waals surface area (Å²) in [6.45, 7) is 3.87. The summed E-state index contributed by atoms with van der Waals surface area (Å²) in [5.74, 6) is -0.116. The van der Waals surface area contributed by atoms with E-state index < -0.39 is 5.91 Å². The number of piperidine rings is 1. The predicted octanol–water partition coefficient (Wildman–Crippen LogP) is 1.98. The molecule has 1 atom stereocenters. The van der Waals surface area contributed by atoms with Crippen LogP contribution in [0.3, 0.4) is 0 Å². The number of methoxy groups -OCH3 is 1. The van der Waals surface area contributed by atoms with Gasteiger partial charge in [-0.3, -0.25) is 4.79 Å². The van der Waals surface area contributed by atoms with E-state index in [1.54, 1.807) is 37.1 Å². The highest BCUT2D eigenvalue weighted by molar-refractivity contribution is 5.98. The van der Waals surface area contributed by atoms with Crippen molar-refractivity contribution in [3.05, 3.63) is 29.3 Å². The van der Waals surface area contributed by atoms with Crippen LogP contribution in [-0.4, -0.2) is 43.6 Å². The molecule has 2 rings (SSSR count). The summed E-state index contributed by atoms with van der Waals surface area (Å²) in [6.07, 6.45) is 2.05. The molecule has 1 aromatic rings. The van der Waals surface area contributed by atoms with E-state index in [4.69, 9.17) is 10.5 Å². The average Bonchev–Trinajstić information content (AvgIpc) is 2.49. The van der Waals surface area contributed by atoms with Crippen LogP contribution >= 0.6 is 0 Å². The van der Waals surface area contributed by atoms with Gasteiger partial charge in [0.25, 0.3) is 0 Å². The van der Waals surface area contributed by atoms with Gasteiger partial charge in [0.15, 0.2) is 0 Å². The molecule has 0 radical (unpaired) electrons. The molecule has 1 aliphatic rings. The lowest BCUT2D eigenvalue weighted by Gasteiger charge is -2.32. The molecular weight excluding hydrogens is 282 g/mol. The molecule has 1 unspecified atom stereocenters. The minimum atomic E-state index is -0.494. The number of anilines is 1. The van der Waals surface area contributed by atoms with Gasteiger partial charge in [-0.05, 0) is 37.5 Å². The highest BCUT2D eigenvalue weighted by Crippen LogP contribution is 2.21. The number of rotatable bonds is 4. The first kappa shape index (κ1) is 16.3. The lowest BCUT2D eigenvalue weighted by Crippen LogP contribution is -2.43. The molecule has 1 fully saturated rings. The van der Waals surface area contributed by atoms with Crippen LogP contribution < -0.4 is 11.1 Å². The zero-order valence-corrected chi connectivity index (χ0v) is 13.1. The average molecular weight is 305 g/mol. The number of benzene rings is 1. The first-order valence-corrected chi connectivity index (χ1v) is 7.47. The normalized spacial score (nSPS) is 18.1. The van der Waals surface area contributed by atoms with Crippen molar-refractivity contribution in [1.29, 1.82) is 0 Å². The quantitative estimate of drug-likeness (QED) is 0.892. The van der Waals surface area contributed by atoms with Gasteiger partial charge in [0, 0.05) is 37.4 Å². The van der Waals surface area contributed by atoms with Crippen LogP contribution in [0.5, 0.6) is 0 Å². The number of nitrogens with one attached hydrogen (secondary N) is 1. The molecule has 1 saturated heterocycles. The molecular formula is C16H23N3O3. The Labute approximate surface area is 130 Å². The standard InChI is InChI=1S/C16H23N3O3/c1-11-13(15(17)20)6-3-7-14(11)18-16(21)19-8-4-5-12(9-19)10-22-2/h3,6-7,12H,4-5,8-10H2,1-2H3,(H2,17,20)(H,18,21). The van der Waals surface area contributed by atoms with Gasteiger partial charge in [-0.1, -0.05) is 6.07 Å². The topological polar surface area (TPSA) is 84.7 Å². The first-order valence-electron chi connectivity index (χ1n) is 7.47. The van der Waals surface area contributed by atoms with Gasteiger partial charge < -0.3 is 20.7 Å². The number of hydrogen-bond acceptors (Lipinski definition) is 3. The maximum absolute atomic E-state index is 12.4. The van der Waals surface area contributed by atoms with E-state index in [0.29, 0.717) is 35.9 Å². The highest BCUT2D eigenvalue weighted by Gasteiger charge is 2.24. The Bertz CT molecular complexity index is 558. The van der Waals surface area contributed by atoms with E-state index in [9.17, 15) is 9.59 Å². The molecule has 1 aromatic carbocycles. The number of nitrogens with zero attached hydrogens (tertiary/aromatic N) is 1. The number of ether oxygens (including phenoxy) is 1. The van der Waals surface area contributed by atoms with E-state index in [1.807, 2.05) is 0 Å². The predicted molar refractivity (Wildman–Crippen MR) is 84.9 cm³/mol. The fourth-order valence-electron chi connectivity index (χ4n) is 2.85. The molecule has 6 nitrogen and oxygen atoms in total. The molecule has 3 N–H and O–H groups in total. The Morgan fingerprint density at radius 3 is 2.91 bits per heavy atom. The summed E-state index contributed by atoms with van der Waals surface area (Å²) >= 11 is 0. The van der Waals surface area contributed by atoms with Crippen molar-refractivity contribution in [1.82, 2.24) is 4.90 Å². The number of amides is 3. The number of nitrogens with two attached hydrogens (primary N) is 1. The molecule has 0 aliphatic carbocycles. The SMILES string of the molecule is COCC1CCCN(C(=O)Nc2cccc(C(N)=O)c2C)C1. The van der Waals surface area contributed by atoms with Crippen molar-refractivity contribution < 1.29 is 14.3 Å². The van der Waals surface area contributed by atoms with E-state index in [0.717, 1.165) is 19.4 Å². The van der Waals surface area contributed by atoms with Gasteiger partial charge in [0.1, 0.15) is 0 Å². The minimum absolute atomic E-state index is 0.148. The van der Waals surface area contributed by atoms with Crippen LogP contribution in [0.25, 0.3) is 0 Å². The first-order chi connectivity index (χ1) is 10.5. The van der Waals surface area contributed by atoms with Crippen LogP contribution in [-0.2, 0) is 4.74 Å². The Morgan fingerprint density at radius 1 is 1.45 bits per heavy atom. The summed E-state index contributed by atoms with van der Waals surface area (Å²) < 4.78 is 5.18. The van der Waals surface area contributed by atoms with Gasteiger partial charge >= 0.3 is 6.03 Å². The molecule has 0 saturated carbocycles. The summed E-state index contributed by atoms with van der Waals surface area (Å²) in [5, 5.41) is 2.88. The van der Waals surface area contributed by atoms with E-state index >= 15 is 0 Å². The molecule has 3 amide bonds. The molecule has 0 aromatic heterocycles. The zero-order chi connectivity index (χ0) is 16.1. The van der Waals surface area contributed by atoms with Crippen molar-refractivity contribution in [3.8, 4) is 0 Å². The Kier molecular flexibility index (Phi) is 5.38. The van der Waals surface area contributed by atoms with Crippen LogP contribution in [0.1, 0.15) is 28.8 Å². The molecule has 22 heavy (non-hydrogen) atoms. The fourth-order valence-corrected chi connectivity index (χ4v) is 2.85. The van der Waals surface area contributed by atoms with Crippen LogP contribution in [0.4, 0.5) is 10.5 Å². The molecule has 120 valence electrons. The summed E-state index contributed by atoms with van der Waals surface area (Å²) in [7, 11) is 1.68. The third-order valence-electron chi connectivity index (χ3n) is 4.05. The van der Waals surface area contributed by atoms with Crippen molar-refractivity contribution >= 4 is 17.6 Å². The van der Waals surface area contributed by atoms with Crippen LogP contribution in [0.2, 0.25) is 0 Å². The van der Waals surface area contributed by atoms with Crippen LogP contribution in [0, 0.1) is 12.8 Å². The minimum Gasteiger partial charge on any atom is -0.384 e. The van der Waals surface area contributed by atoms with E-state index in [2.05, 4.69) is 5.32 Å². The molecule has 0 bridgehead atoms. The van der Waals surface area contributed by atoms with Gasteiger partial charge in [0.2, 0.25) is 5.91 Å². The molecule has 1 aliphatic heterocycles. The Morgan fingerprint density at radius 2 is 2.23 bits per heavy atom. The lowest BCUT2D eigenvalue weighted by atomic mass is 9.99. The fraction of sp³-hybridized carbons (Fsp3) is 0.500. The van der Waals surface area contributed by atoms with Crippen LogP contribution in [0.15, 0.2) is 18.2 Å². The number of primary amides is 1. The number of hydrogen-bond donors (Lipinski definition) is 2. The van der Waals surface area contributed by atoms with Gasteiger partial charge in [-0.25, -0.2) is 4.79 Å². The summed E-state index contributed by atoms with van der Waals surface area (Å²) in [5.41, 5.74) is 7.07. The van der Waals surface area contributed by atoms with Crippen molar-refractivity contribution in [2.75, 3.05) is 32.1 Å². The molecule has 1 heterocycles. The number of likely N-dealkylation sites (tertiary alicyclic amines) is 1. The van der Waals surface area contributed by atoms with E-state index in [1.165, 1.54) is 0 Å². The van der Waals surface area contributed by atoms with Gasteiger partial charge in [-0.15, -0.1) is 0 Å². The van der Waals surface area contributed by atoms with Crippen molar-refractivity contribution in [2.45, 2.75) is 19.8 Å². The summed E-state index contributed by atoms with van der Waals surface area (Å²) in [4.78, 5) is 25.6. The second-order valence-electron chi connectivity index (χ2n) is 5.68. The number of urea groups is 1. The second kappa shape index (κ2) is 7.26. The number of carbonyl (C=O) groups excluding carboxylic acids is 2. The number of carbonyl (C=O) groups is 2. The summed E-state index contributed by atoms with van der Waals surface area (Å²) in [6, 6.07) is 5.00. The Balaban J connectivity index is 2.06. The van der Waals surface area contributed by atoms with Gasteiger partial charge in [0.05, 0.1) is 6.61 Å². The van der Waals surface area contributed by atoms with Crippen molar-refractivity contribution in [2.24, 2.45) is 11.7 Å². The molecule has 6 heteroatoms. The highest BCUT2D eigenvalue weighted by atomic mass is 16.5. The zero-order valence-electron chi connectivity index (χ0n) is 13.1. The largest absolute Gasteiger partial charge is 0.384 e. The monoisotopic (exact) mass is 305 g/mol. The second-order valence-corrected chi connectivity index (χ2v) is 5.68. The smallest absolute Gasteiger partial charge is 0.321 e. The van der Waals surface area contributed by atoms with Gasteiger partial charge in [-0.2, -0.15) is 0 Å².